The molecule has 0 saturated carbocycles. The molecule has 0 aromatic heterocycles. The van der Waals surface area contributed by atoms with Crippen LogP contribution >= 0.6 is 11.8 Å². The molecule has 3 rings (SSSR count). The fraction of sp³-hybridized carbons (Fsp3) is 0.500. The highest BCUT2D eigenvalue weighted by Crippen LogP contribution is 2.32. The van der Waals surface area contributed by atoms with Crippen molar-refractivity contribution >= 4 is 17.7 Å². The minimum atomic E-state index is -0.717. The first-order chi connectivity index (χ1) is 10.0. The van der Waals surface area contributed by atoms with Crippen molar-refractivity contribution in [1.82, 2.24) is 5.32 Å². The number of rotatable bonds is 2. The molecule has 21 heavy (non-hydrogen) atoms. The van der Waals surface area contributed by atoms with Gasteiger partial charge in [0.1, 0.15) is 11.3 Å². The van der Waals surface area contributed by atoms with E-state index in [4.69, 9.17) is 4.74 Å². The van der Waals surface area contributed by atoms with Crippen LogP contribution in [0.1, 0.15) is 23.1 Å². The molecule has 2 aliphatic rings. The van der Waals surface area contributed by atoms with Gasteiger partial charge in [-0.3, -0.25) is 4.79 Å². The third kappa shape index (κ3) is 2.60. The van der Waals surface area contributed by atoms with Gasteiger partial charge in [-0.2, -0.15) is 17.0 Å². The molecule has 1 fully saturated rings. The van der Waals surface area contributed by atoms with Crippen molar-refractivity contribution in [3.05, 3.63) is 28.8 Å². The fourth-order valence-electron chi connectivity index (χ4n) is 2.76. The number of thioether (sulfide) groups is 1. The van der Waals surface area contributed by atoms with Crippen LogP contribution in [0.25, 0.3) is 0 Å². The maximum Gasteiger partial charge on any atom is 0.262 e. The molecule has 1 saturated heterocycles. The first-order valence-corrected chi connectivity index (χ1v) is 8.26. The van der Waals surface area contributed by atoms with Crippen molar-refractivity contribution < 1.29 is 9.53 Å². The molecule has 0 unspecified atom stereocenters. The van der Waals surface area contributed by atoms with E-state index >= 15 is 0 Å². The Balaban J connectivity index is 1.72. The van der Waals surface area contributed by atoms with Gasteiger partial charge in [0.05, 0.1) is 6.07 Å². The molecule has 0 aliphatic carbocycles. The van der Waals surface area contributed by atoms with Crippen molar-refractivity contribution in [2.75, 3.05) is 11.5 Å². The summed E-state index contributed by atoms with van der Waals surface area (Å²) in [6, 6.07) is 6.34. The van der Waals surface area contributed by atoms with Crippen LogP contribution in [0.4, 0.5) is 0 Å². The van der Waals surface area contributed by atoms with Crippen molar-refractivity contribution in [2.45, 2.75) is 38.3 Å². The summed E-state index contributed by atoms with van der Waals surface area (Å²) in [6.45, 7) is 4.09. The van der Waals surface area contributed by atoms with Gasteiger partial charge in [-0.05, 0) is 48.8 Å². The highest BCUT2D eigenvalue weighted by molar-refractivity contribution is 7.99. The van der Waals surface area contributed by atoms with Gasteiger partial charge in [-0.1, -0.05) is 6.07 Å². The van der Waals surface area contributed by atoms with Crippen LogP contribution in [-0.4, -0.2) is 29.1 Å². The quantitative estimate of drug-likeness (QED) is 0.909. The lowest BCUT2D eigenvalue weighted by Crippen LogP contribution is -2.52. The predicted molar refractivity (Wildman–Crippen MR) is 82.5 cm³/mol. The molecular formula is C16H18N2O2S. The number of nitrogens with one attached hydrogen (secondary N) is 1. The average Bonchev–Trinajstić information content (AvgIpc) is 3.07. The Kier molecular flexibility index (Phi) is 3.58. The molecule has 4 nitrogen and oxygen atoms in total. The number of fused-ring (bicyclic) bond motifs is 1. The Hall–Kier alpha value is -1.67. The van der Waals surface area contributed by atoms with Crippen LogP contribution < -0.4 is 10.1 Å². The first-order valence-electron chi connectivity index (χ1n) is 7.11. The number of carbonyl (C=O) groups is 1. The molecule has 5 heteroatoms. The van der Waals surface area contributed by atoms with Gasteiger partial charge in [0.15, 0.2) is 6.10 Å². The van der Waals surface area contributed by atoms with E-state index in [9.17, 15) is 10.1 Å². The number of benzene rings is 1. The number of nitriles is 1. The minimum Gasteiger partial charge on any atom is -0.480 e. The Morgan fingerprint density at radius 1 is 1.48 bits per heavy atom. The number of nitrogens with zero attached hydrogens (tertiary/aromatic N) is 1. The summed E-state index contributed by atoms with van der Waals surface area (Å²) >= 11 is 1.70. The highest BCUT2D eigenvalue weighted by atomic mass is 32.2. The minimum absolute atomic E-state index is 0.175. The molecule has 0 spiro atoms. The maximum absolute atomic E-state index is 12.4. The van der Waals surface area contributed by atoms with Crippen molar-refractivity contribution in [3.63, 3.8) is 0 Å². The number of hydrogen-bond donors (Lipinski definition) is 1. The summed E-state index contributed by atoms with van der Waals surface area (Å²) in [7, 11) is 0. The van der Waals surface area contributed by atoms with Crippen LogP contribution in [-0.2, 0) is 11.2 Å². The smallest absolute Gasteiger partial charge is 0.262 e. The van der Waals surface area contributed by atoms with E-state index in [0.717, 1.165) is 22.6 Å². The first kappa shape index (κ1) is 14.3. The highest BCUT2D eigenvalue weighted by Gasteiger charge is 2.39. The van der Waals surface area contributed by atoms with E-state index in [2.05, 4.69) is 24.4 Å². The van der Waals surface area contributed by atoms with Gasteiger partial charge in [-0.15, -0.1) is 0 Å². The van der Waals surface area contributed by atoms with Crippen molar-refractivity contribution in [3.8, 4) is 11.8 Å². The van der Waals surface area contributed by atoms with Crippen LogP contribution in [0.2, 0.25) is 0 Å². The van der Waals surface area contributed by atoms with Crippen LogP contribution in [0.3, 0.4) is 0 Å². The molecule has 0 bridgehead atoms. The van der Waals surface area contributed by atoms with Gasteiger partial charge >= 0.3 is 0 Å². The van der Waals surface area contributed by atoms with Crippen LogP contribution in [0.15, 0.2) is 12.1 Å². The molecule has 2 heterocycles. The van der Waals surface area contributed by atoms with E-state index in [0.29, 0.717) is 18.6 Å². The van der Waals surface area contributed by atoms with E-state index < -0.39 is 11.6 Å². The van der Waals surface area contributed by atoms with Crippen LogP contribution in [0, 0.1) is 25.2 Å². The summed E-state index contributed by atoms with van der Waals surface area (Å²) in [4.78, 5) is 12.4. The molecule has 1 aromatic carbocycles. The van der Waals surface area contributed by atoms with Crippen LogP contribution in [0.5, 0.6) is 5.75 Å². The Morgan fingerprint density at radius 3 is 2.90 bits per heavy atom. The van der Waals surface area contributed by atoms with E-state index in [-0.39, 0.29) is 5.91 Å². The van der Waals surface area contributed by atoms with E-state index in [1.807, 2.05) is 13.0 Å². The Bertz CT molecular complexity index is 599. The van der Waals surface area contributed by atoms with Gasteiger partial charge in [-0.25, -0.2) is 0 Å². The summed E-state index contributed by atoms with van der Waals surface area (Å²) in [5, 5.41) is 12.2. The molecule has 2 atom stereocenters. The summed E-state index contributed by atoms with van der Waals surface area (Å²) in [5.41, 5.74) is 2.73. The van der Waals surface area contributed by atoms with Crippen molar-refractivity contribution in [1.29, 1.82) is 5.26 Å². The number of carbonyl (C=O) groups excluding carboxylic acids is 1. The van der Waals surface area contributed by atoms with Gasteiger partial charge in [0.25, 0.3) is 5.91 Å². The molecule has 1 amide bonds. The molecular weight excluding hydrogens is 284 g/mol. The van der Waals surface area contributed by atoms with E-state index in [1.54, 1.807) is 11.8 Å². The average molecular weight is 302 g/mol. The SMILES string of the molecule is Cc1cc2c(cc1C)O[C@@H](C(=O)N[C@@]1(C#N)CCSC1)C2. The Morgan fingerprint density at radius 2 is 2.24 bits per heavy atom. The summed E-state index contributed by atoms with van der Waals surface area (Å²) < 4.78 is 5.78. The summed E-state index contributed by atoms with van der Waals surface area (Å²) in [6.07, 6.45) is 0.770. The molecule has 1 aromatic rings. The number of ether oxygens (including phenoxy) is 1. The monoisotopic (exact) mass is 302 g/mol. The molecule has 0 radical (unpaired) electrons. The largest absolute Gasteiger partial charge is 0.480 e. The number of hydrogen-bond acceptors (Lipinski definition) is 4. The van der Waals surface area contributed by atoms with E-state index in [1.165, 1.54) is 5.56 Å². The second-order valence-corrected chi connectivity index (χ2v) is 6.95. The molecule has 2 aliphatic heterocycles. The predicted octanol–water partition coefficient (Wildman–Crippen LogP) is 2.12. The van der Waals surface area contributed by atoms with Gasteiger partial charge < -0.3 is 10.1 Å². The standard InChI is InChI=1S/C16H18N2O2S/c1-10-5-12-7-14(20-13(12)6-11(10)2)15(19)18-16(8-17)3-4-21-9-16/h5-6,14H,3-4,7,9H2,1-2H3,(H,18,19)/t14-,16-/m1/s1. The van der Waals surface area contributed by atoms with Crippen molar-refractivity contribution in [2.24, 2.45) is 0 Å². The maximum atomic E-state index is 12.4. The zero-order chi connectivity index (χ0) is 15.0. The zero-order valence-corrected chi connectivity index (χ0v) is 13.0. The normalized spacial score (nSPS) is 26.8. The van der Waals surface area contributed by atoms with Gasteiger partial charge in [0, 0.05) is 12.2 Å². The number of amides is 1. The molecule has 110 valence electrons. The third-order valence-electron chi connectivity index (χ3n) is 4.24. The zero-order valence-electron chi connectivity index (χ0n) is 12.2. The Labute approximate surface area is 128 Å². The second kappa shape index (κ2) is 5.27. The summed E-state index contributed by atoms with van der Waals surface area (Å²) in [5.74, 6) is 2.20. The third-order valence-corrected chi connectivity index (χ3v) is 5.43. The molecule has 1 N–H and O–H groups in total. The second-order valence-electron chi connectivity index (χ2n) is 5.84. The lowest BCUT2D eigenvalue weighted by Gasteiger charge is -2.23. The fourth-order valence-corrected chi connectivity index (χ4v) is 4.02. The number of aryl methyl sites for hydroxylation is 2. The lowest BCUT2D eigenvalue weighted by atomic mass is 9.99. The lowest BCUT2D eigenvalue weighted by molar-refractivity contribution is -0.128. The van der Waals surface area contributed by atoms with Gasteiger partial charge in [0.2, 0.25) is 0 Å². The topological polar surface area (TPSA) is 62.1 Å².